The maximum absolute atomic E-state index is 5.30. The van der Waals surface area contributed by atoms with Crippen LogP contribution < -0.4 is 10.1 Å². The van der Waals surface area contributed by atoms with Gasteiger partial charge in [-0.1, -0.05) is 28.9 Å². The molecule has 2 nitrogen and oxygen atoms in total. The number of alkyl halides is 1. The minimum absolute atomic E-state index is 0.143. The van der Waals surface area contributed by atoms with Crippen LogP contribution in [0, 0.1) is 0 Å². The van der Waals surface area contributed by atoms with E-state index in [1.54, 1.807) is 7.11 Å². The Kier molecular flexibility index (Phi) is 4.42. The van der Waals surface area contributed by atoms with Crippen molar-refractivity contribution < 1.29 is 4.74 Å². The third-order valence-electron chi connectivity index (χ3n) is 2.23. The van der Waals surface area contributed by atoms with Crippen LogP contribution in [-0.4, -0.2) is 14.2 Å². The van der Waals surface area contributed by atoms with Gasteiger partial charge >= 0.3 is 0 Å². The molecule has 0 aromatic heterocycles. The van der Waals surface area contributed by atoms with Gasteiger partial charge in [0.25, 0.3) is 0 Å². The summed E-state index contributed by atoms with van der Waals surface area (Å²) in [5, 5.41) is 3.14. The van der Waals surface area contributed by atoms with Crippen molar-refractivity contribution >= 4 is 15.9 Å². The van der Waals surface area contributed by atoms with Crippen LogP contribution in [0.1, 0.15) is 23.0 Å². The lowest BCUT2D eigenvalue weighted by Gasteiger charge is -2.14. The summed E-state index contributed by atoms with van der Waals surface area (Å²) in [7, 11) is 3.61. The van der Waals surface area contributed by atoms with Crippen LogP contribution in [0.2, 0.25) is 0 Å². The summed E-state index contributed by atoms with van der Waals surface area (Å²) in [6.45, 7) is 2.15. The van der Waals surface area contributed by atoms with Crippen LogP contribution in [0.5, 0.6) is 5.75 Å². The van der Waals surface area contributed by atoms with Gasteiger partial charge in [0.05, 0.1) is 12.1 Å². The van der Waals surface area contributed by atoms with Crippen molar-refractivity contribution in [2.24, 2.45) is 0 Å². The first-order valence-corrected chi connectivity index (χ1v) is 5.62. The van der Waals surface area contributed by atoms with Crippen LogP contribution in [0.4, 0.5) is 0 Å². The zero-order valence-corrected chi connectivity index (χ0v) is 10.4. The quantitative estimate of drug-likeness (QED) is 0.662. The molecule has 0 radical (unpaired) electrons. The van der Waals surface area contributed by atoms with E-state index in [9.17, 15) is 0 Å². The van der Waals surface area contributed by atoms with Gasteiger partial charge in [-0.05, 0) is 31.2 Å². The van der Waals surface area contributed by atoms with Gasteiger partial charge < -0.3 is 10.1 Å². The highest BCUT2D eigenvalue weighted by Crippen LogP contribution is 2.29. The fraction of sp³-hybridized carbons (Fsp3) is 0.455. The van der Waals surface area contributed by atoms with Gasteiger partial charge in [0, 0.05) is 5.56 Å². The van der Waals surface area contributed by atoms with Crippen LogP contribution in [0.3, 0.4) is 0 Å². The Labute approximate surface area is 93.8 Å². The van der Waals surface area contributed by atoms with E-state index in [0.29, 0.717) is 0 Å². The number of hydrogen-bond acceptors (Lipinski definition) is 2. The predicted octanol–water partition coefficient (Wildman–Crippen LogP) is 2.87. The molecule has 0 aliphatic carbocycles. The third-order valence-corrected chi connectivity index (χ3v) is 3.18. The van der Waals surface area contributed by atoms with Crippen molar-refractivity contribution in [1.82, 2.24) is 5.32 Å². The predicted molar refractivity (Wildman–Crippen MR) is 63.1 cm³/mol. The van der Waals surface area contributed by atoms with Crippen molar-refractivity contribution in [3.05, 3.63) is 29.3 Å². The van der Waals surface area contributed by atoms with Gasteiger partial charge in [0.2, 0.25) is 0 Å². The monoisotopic (exact) mass is 257 g/mol. The van der Waals surface area contributed by atoms with Crippen molar-refractivity contribution in [2.75, 3.05) is 14.2 Å². The van der Waals surface area contributed by atoms with Crippen LogP contribution in [0.15, 0.2) is 18.2 Å². The minimum atomic E-state index is 0.143. The normalized spacial score (nSPS) is 12.6. The molecule has 78 valence electrons. The maximum atomic E-state index is 5.30. The summed E-state index contributed by atoms with van der Waals surface area (Å²) in [6, 6.07) is 6.27. The first-order valence-electron chi connectivity index (χ1n) is 4.71. The molecule has 0 spiro atoms. The first kappa shape index (κ1) is 11.5. The summed E-state index contributed by atoms with van der Waals surface area (Å²) in [6.07, 6.45) is 1.04. The Morgan fingerprint density at radius 3 is 2.71 bits per heavy atom. The highest BCUT2D eigenvalue weighted by Gasteiger charge is 2.11. The minimum Gasteiger partial charge on any atom is -0.496 e. The summed E-state index contributed by atoms with van der Waals surface area (Å²) in [4.78, 5) is 0.143. The van der Waals surface area contributed by atoms with Gasteiger partial charge in [-0.3, -0.25) is 0 Å². The molecule has 1 aromatic rings. The number of methoxy groups -OCH3 is 1. The first-order chi connectivity index (χ1) is 6.72. The molecule has 1 aromatic carbocycles. The number of benzene rings is 1. The van der Waals surface area contributed by atoms with Gasteiger partial charge in [-0.2, -0.15) is 0 Å². The van der Waals surface area contributed by atoms with Crippen molar-refractivity contribution in [3.63, 3.8) is 0 Å². The van der Waals surface area contributed by atoms with Crippen molar-refractivity contribution in [2.45, 2.75) is 18.3 Å². The number of rotatable bonds is 4. The number of ether oxygens (including phenoxy) is 1. The molecule has 1 atom stereocenters. The van der Waals surface area contributed by atoms with Crippen LogP contribution in [-0.2, 0) is 6.42 Å². The lowest BCUT2D eigenvalue weighted by molar-refractivity contribution is 0.408. The molecular formula is C11H16BrNO. The zero-order chi connectivity index (χ0) is 10.6. The molecule has 0 heterocycles. The zero-order valence-electron chi connectivity index (χ0n) is 8.80. The standard InChI is InChI=1S/C11H16BrNO/c1-4-8-5-6-10(14-3)9(7-8)11(12)13-2/h5-7,11,13H,4H2,1-3H3. The van der Waals surface area contributed by atoms with E-state index in [2.05, 4.69) is 40.3 Å². The molecular weight excluding hydrogens is 242 g/mol. The van der Waals surface area contributed by atoms with E-state index in [1.807, 2.05) is 13.1 Å². The highest BCUT2D eigenvalue weighted by atomic mass is 79.9. The second-order valence-electron chi connectivity index (χ2n) is 3.08. The molecule has 0 saturated carbocycles. The molecule has 0 fully saturated rings. The maximum Gasteiger partial charge on any atom is 0.124 e. The summed E-state index contributed by atoms with van der Waals surface area (Å²) in [5.74, 6) is 0.915. The summed E-state index contributed by atoms with van der Waals surface area (Å²) in [5.41, 5.74) is 2.47. The largest absolute Gasteiger partial charge is 0.496 e. The highest BCUT2D eigenvalue weighted by molar-refractivity contribution is 9.09. The van der Waals surface area contributed by atoms with Gasteiger partial charge in [-0.25, -0.2) is 0 Å². The van der Waals surface area contributed by atoms with Crippen LogP contribution in [0.25, 0.3) is 0 Å². The Morgan fingerprint density at radius 1 is 1.50 bits per heavy atom. The van der Waals surface area contributed by atoms with E-state index >= 15 is 0 Å². The Bertz CT molecular complexity index is 301. The van der Waals surface area contributed by atoms with E-state index in [1.165, 1.54) is 5.56 Å². The Hall–Kier alpha value is -0.540. The van der Waals surface area contributed by atoms with E-state index < -0.39 is 0 Å². The van der Waals surface area contributed by atoms with Gasteiger partial charge in [0.1, 0.15) is 5.75 Å². The molecule has 0 bridgehead atoms. The molecule has 0 aliphatic rings. The van der Waals surface area contributed by atoms with E-state index in [0.717, 1.165) is 17.7 Å². The van der Waals surface area contributed by atoms with E-state index in [4.69, 9.17) is 4.74 Å². The van der Waals surface area contributed by atoms with Crippen LogP contribution >= 0.6 is 15.9 Å². The fourth-order valence-electron chi connectivity index (χ4n) is 1.36. The van der Waals surface area contributed by atoms with Gasteiger partial charge in [0.15, 0.2) is 0 Å². The number of aryl methyl sites for hydroxylation is 1. The number of nitrogens with one attached hydrogen (secondary N) is 1. The number of halogens is 1. The summed E-state index contributed by atoms with van der Waals surface area (Å²) >= 11 is 3.55. The second kappa shape index (κ2) is 5.37. The average molecular weight is 258 g/mol. The Morgan fingerprint density at radius 2 is 2.21 bits per heavy atom. The van der Waals surface area contributed by atoms with Crippen molar-refractivity contribution in [3.8, 4) is 5.75 Å². The SMILES string of the molecule is CCc1ccc(OC)c(C(Br)NC)c1. The molecule has 0 aliphatic heterocycles. The smallest absolute Gasteiger partial charge is 0.124 e. The lowest BCUT2D eigenvalue weighted by atomic mass is 10.1. The average Bonchev–Trinajstić information content (AvgIpc) is 2.27. The molecule has 0 amide bonds. The molecule has 3 heteroatoms. The topological polar surface area (TPSA) is 21.3 Å². The second-order valence-corrected chi connectivity index (χ2v) is 4.00. The molecule has 1 rings (SSSR count). The molecule has 1 unspecified atom stereocenters. The lowest BCUT2D eigenvalue weighted by Crippen LogP contribution is -2.11. The van der Waals surface area contributed by atoms with Gasteiger partial charge in [-0.15, -0.1) is 0 Å². The van der Waals surface area contributed by atoms with Crippen molar-refractivity contribution in [1.29, 1.82) is 0 Å². The molecule has 1 N–H and O–H groups in total. The molecule has 0 saturated heterocycles. The Balaban J connectivity index is 3.08. The fourth-order valence-corrected chi connectivity index (χ4v) is 1.72. The third kappa shape index (κ3) is 2.49. The van der Waals surface area contributed by atoms with E-state index in [-0.39, 0.29) is 4.95 Å². The molecule has 14 heavy (non-hydrogen) atoms. The summed E-state index contributed by atoms with van der Waals surface area (Å²) < 4.78 is 5.30. The number of hydrogen-bond donors (Lipinski definition) is 1.